The summed E-state index contributed by atoms with van der Waals surface area (Å²) >= 11 is 0. The molecule has 3 aliphatic heterocycles. The molecule has 0 bridgehead atoms. The summed E-state index contributed by atoms with van der Waals surface area (Å²) in [5, 5.41) is 2.21. The van der Waals surface area contributed by atoms with Gasteiger partial charge in [-0.3, -0.25) is 34.4 Å². The van der Waals surface area contributed by atoms with Gasteiger partial charge in [0.2, 0.25) is 11.8 Å². The highest BCUT2D eigenvalue weighted by Crippen LogP contribution is 2.34. The molecule has 156 valence electrons. The van der Waals surface area contributed by atoms with Gasteiger partial charge in [0, 0.05) is 24.0 Å². The molecule has 1 N–H and O–H groups in total. The number of aliphatic imine (C=N–C) groups is 1. The lowest BCUT2D eigenvalue weighted by atomic mass is 9.82. The summed E-state index contributed by atoms with van der Waals surface area (Å²) in [5.74, 6) is -1.96. The average molecular weight is 407 g/mol. The van der Waals surface area contributed by atoms with E-state index in [-0.39, 0.29) is 30.2 Å². The molecule has 0 aliphatic carbocycles. The maximum absolute atomic E-state index is 13.1. The number of carbonyl (C=O) groups excluding carboxylic acids is 4. The van der Waals surface area contributed by atoms with Crippen molar-refractivity contribution in [1.29, 1.82) is 0 Å². The lowest BCUT2D eigenvalue weighted by molar-refractivity contribution is -0.136. The van der Waals surface area contributed by atoms with Gasteiger partial charge in [-0.1, -0.05) is 32.9 Å². The lowest BCUT2D eigenvalue weighted by Crippen LogP contribution is -2.54. The number of allylic oxidation sites excluding steroid dienone is 1. The highest BCUT2D eigenvalue weighted by Gasteiger charge is 2.44. The zero-order chi connectivity index (χ0) is 21.8. The molecular formula is C23H25N3O4. The Morgan fingerprint density at radius 1 is 1.07 bits per heavy atom. The molecule has 1 aromatic rings. The minimum Gasteiger partial charge on any atom is -0.295 e. The van der Waals surface area contributed by atoms with Crippen LogP contribution in [0.25, 0.3) is 5.57 Å². The fourth-order valence-corrected chi connectivity index (χ4v) is 4.19. The molecule has 1 saturated heterocycles. The van der Waals surface area contributed by atoms with Crippen molar-refractivity contribution in [3.05, 3.63) is 41.0 Å². The fraction of sp³-hybridized carbons (Fsp3) is 0.435. The Balaban J connectivity index is 1.64. The van der Waals surface area contributed by atoms with Crippen molar-refractivity contribution in [2.75, 3.05) is 0 Å². The highest BCUT2D eigenvalue weighted by molar-refractivity contribution is 6.23. The van der Waals surface area contributed by atoms with Gasteiger partial charge in [-0.05, 0) is 36.6 Å². The molecule has 1 aromatic carbocycles. The number of hydrogen-bond acceptors (Lipinski definition) is 5. The van der Waals surface area contributed by atoms with Crippen LogP contribution in [0, 0.1) is 5.41 Å². The Hall–Kier alpha value is -3.09. The first-order valence-corrected chi connectivity index (χ1v) is 10.2. The Morgan fingerprint density at radius 3 is 2.43 bits per heavy atom. The molecule has 4 rings (SSSR count). The molecule has 7 heteroatoms. The third-order valence-electron chi connectivity index (χ3n) is 5.84. The molecule has 7 nitrogen and oxygen atoms in total. The average Bonchev–Trinajstić information content (AvgIpc) is 2.91. The van der Waals surface area contributed by atoms with Crippen LogP contribution in [0.3, 0.4) is 0 Å². The molecule has 0 saturated carbocycles. The van der Waals surface area contributed by atoms with Gasteiger partial charge in [-0.2, -0.15) is 0 Å². The van der Waals surface area contributed by atoms with Crippen LogP contribution in [0.1, 0.15) is 73.2 Å². The fourth-order valence-electron chi connectivity index (χ4n) is 4.19. The number of nitrogens with one attached hydrogen (secondary N) is 1. The topological polar surface area (TPSA) is 95.9 Å². The number of nitrogens with zero attached hydrogens (tertiary/aromatic N) is 2. The summed E-state index contributed by atoms with van der Waals surface area (Å²) in [6.07, 6.45) is 3.02. The van der Waals surface area contributed by atoms with Crippen LogP contribution in [-0.4, -0.2) is 46.3 Å². The van der Waals surface area contributed by atoms with Crippen molar-refractivity contribution < 1.29 is 19.2 Å². The number of dihydropyridines is 1. The van der Waals surface area contributed by atoms with Gasteiger partial charge in [-0.25, -0.2) is 0 Å². The molecule has 3 aliphatic rings. The molecule has 3 heterocycles. The monoisotopic (exact) mass is 407 g/mol. The molecule has 2 atom stereocenters. The quantitative estimate of drug-likeness (QED) is 0.763. The second kappa shape index (κ2) is 7.00. The van der Waals surface area contributed by atoms with Gasteiger partial charge < -0.3 is 0 Å². The van der Waals surface area contributed by atoms with Crippen molar-refractivity contribution >= 4 is 34.9 Å². The van der Waals surface area contributed by atoms with Crippen LogP contribution in [0.4, 0.5) is 0 Å². The number of piperidine rings is 1. The number of benzene rings is 1. The van der Waals surface area contributed by atoms with Crippen LogP contribution < -0.4 is 5.32 Å². The lowest BCUT2D eigenvalue weighted by Gasteiger charge is -2.28. The molecule has 30 heavy (non-hydrogen) atoms. The highest BCUT2D eigenvalue weighted by atomic mass is 16.2. The normalized spacial score (nSPS) is 24.5. The molecule has 0 aromatic heterocycles. The summed E-state index contributed by atoms with van der Waals surface area (Å²) in [5.41, 5.74) is 3.59. The minimum atomic E-state index is -0.952. The van der Waals surface area contributed by atoms with Crippen molar-refractivity contribution in [2.24, 2.45) is 10.4 Å². The van der Waals surface area contributed by atoms with Crippen molar-refractivity contribution in [3.63, 3.8) is 0 Å². The van der Waals surface area contributed by atoms with Crippen LogP contribution >= 0.6 is 0 Å². The van der Waals surface area contributed by atoms with Gasteiger partial charge in [0.15, 0.2) is 0 Å². The van der Waals surface area contributed by atoms with E-state index in [1.54, 1.807) is 12.1 Å². The Kier molecular flexibility index (Phi) is 4.71. The molecular weight excluding hydrogens is 382 g/mol. The second-order valence-corrected chi connectivity index (χ2v) is 9.14. The second-order valence-electron chi connectivity index (χ2n) is 9.14. The zero-order valence-corrected chi connectivity index (χ0v) is 17.6. The van der Waals surface area contributed by atoms with E-state index in [1.807, 2.05) is 13.0 Å². The maximum Gasteiger partial charge on any atom is 0.262 e. The first-order chi connectivity index (χ1) is 14.1. The Morgan fingerprint density at radius 2 is 1.77 bits per heavy atom. The van der Waals surface area contributed by atoms with Crippen molar-refractivity contribution in [2.45, 2.75) is 59.0 Å². The van der Waals surface area contributed by atoms with E-state index in [0.717, 1.165) is 21.7 Å². The first-order valence-electron chi connectivity index (χ1n) is 10.2. The number of amides is 4. The van der Waals surface area contributed by atoms with E-state index in [0.29, 0.717) is 17.5 Å². The largest absolute Gasteiger partial charge is 0.295 e. The van der Waals surface area contributed by atoms with E-state index in [4.69, 9.17) is 4.99 Å². The molecule has 4 amide bonds. The third-order valence-corrected chi connectivity index (χ3v) is 5.84. The van der Waals surface area contributed by atoms with Crippen LogP contribution in [0.2, 0.25) is 0 Å². The molecule has 0 spiro atoms. The predicted molar refractivity (Wildman–Crippen MR) is 112 cm³/mol. The summed E-state index contributed by atoms with van der Waals surface area (Å²) in [4.78, 5) is 55.3. The molecule has 1 fully saturated rings. The number of imide groups is 2. The van der Waals surface area contributed by atoms with E-state index in [9.17, 15) is 19.2 Å². The summed E-state index contributed by atoms with van der Waals surface area (Å²) in [6, 6.07) is 4.33. The van der Waals surface area contributed by atoms with Crippen LogP contribution in [0.5, 0.6) is 0 Å². The molecule has 0 radical (unpaired) electrons. The standard InChI is InChI=1S/C23H25N3O4/c1-12-9-14(11-18(24-12)23(2,3)4)13-5-6-15-16(10-13)22(30)26(21(15)29)17-7-8-19(27)25-20(17)28/h5-6,9-10,12,17H,7-8,11H2,1-4H3,(H,25,27,28). The van der Waals surface area contributed by atoms with Gasteiger partial charge >= 0.3 is 0 Å². The van der Waals surface area contributed by atoms with Crippen LogP contribution in [0.15, 0.2) is 29.3 Å². The summed E-state index contributed by atoms with van der Waals surface area (Å²) < 4.78 is 0. The summed E-state index contributed by atoms with van der Waals surface area (Å²) in [7, 11) is 0. The Labute approximate surface area is 175 Å². The summed E-state index contributed by atoms with van der Waals surface area (Å²) in [6.45, 7) is 8.41. The van der Waals surface area contributed by atoms with E-state index in [2.05, 4.69) is 32.2 Å². The maximum atomic E-state index is 13.1. The van der Waals surface area contributed by atoms with Gasteiger partial charge in [0.1, 0.15) is 6.04 Å². The van der Waals surface area contributed by atoms with E-state index >= 15 is 0 Å². The van der Waals surface area contributed by atoms with E-state index in [1.165, 1.54) is 0 Å². The Bertz CT molecular complexity index is 1050. The zero-order valence-electron chi connectivity index (χ0n) is 17.6. The van der Waals surface area contributed by atoms with Crippen molar-refractivity contribution in [3.8, 4) is 0 Å². The first kappa shape index (κ1) is 20.2. The van der Waals surface area contributed by atoms with E-state index < -0.39 is 23.8 Å². The van der Waals surface area contributed by atoms with Gasteiger partial charge in [0.25, 0.3) is 11.8 Å². The molecule has 2 unspecified atom stereocenters. The number of hydrogen-bond donors (Lipinski definition) is 1. The smallest absolute Gasteiger partial charge is 0.262 e. The van der Waals surface area contributed by atoms with Crippen LogP contribution in [-0.2, 0) is 9.59 Å². The minimum absolute atomic E-state index is 0.0357. The van der Waals surface area contributed by atoms with Gasteiger partial charge in [0.05, 0.1) is 17.2 Å². The number of rotatable bonds is 2. The van der Waals surface area contributed by atoms with Crippen molar-refractivity contribution in [1.82, 2.24) is 10.2 Å². The van der Waals surface area contributed by atoms with Gasteiger partial charge in [-0.15, -0.1) is 0 Å². The SMILES string of the molecule is CC1C=C(c2ccc3c(c2)C(=O)N(C2CCC(=O)NC2=O)C3=O)CC(C(C)(C)C)=N1. The third kappa shape index (κ3) is 3.38. The number of carbonyl (C=O) groups is 4. The number of fused-ring (bicyclic) bond motifs is 1. The predicted octanol–water partition coefficient (Wildman–Crippen LogP) is 2.75.